The van der Waals surface area contributed by atoms with Crippen molar-refractivity contribution in [3.8, 4) is 0 Å². The molecule has 0 aromatic heterocycles. The average molecular weight is 256 g/mol. The number of amides is 1. The van der Waals surface area contributed by atoms with Crippen LogP contribution in [0.4, 0.5) is 0 Å². The van der Waals surface area contributed by atoms with Gasteiger partial charge in [-0.1, -0.05) is 12.8 Å². The van der Waals surface area contributed by atoms with Crippen LogP contribution in [-0.4, -0.2) is 41.8 Å². The first-order chi connectivity index (χ1) is 8.51. The molecule has 1 saturated heterocycles. The van der Waals surface area contributed by atoms with Crippen LogP contribution in [0.15, 0.2) is 0 Å². The molecule has 18 heavy (non-hydrogen) atoms. The highest BCUT2D eigenvalue weighted by atomic mass is 16.5. The molecule has 1 atom stereocenters. The lowest BCUT2D eigenvalue weighted by atomic mass is 9.90. The molecular weight excluding hydrogens is 236 g/mol. The SMILES string of the molecule is NC1(C(=O)N[C@@H](CC2CC2)C(=O)O)CCOCC1. The first-order valence-electron chi connectivity index (χ1n) is 6.42. The van der Waals surface area contributed by atoms with Crippen LogP contribution < -0.4 is 11.1 Å². The molecule has 1 aliphatic heterocycles. The van der Waals surface area contributed by atoms with Crippen molar-refractivity contribution in [2.75, 3.05) is 13.2 Å². The van der Waals surface area contributed by atoms with Crippen LogP contribution >= 0.6 is 0 Å². The van der Waals surface area contributed by atoms with Gasteiger partial charge in [-0.3, -0.25) is 4.79 Å². The fraction of sp³-hybridized carbons (Fsp3) is 0.833. The molecule has 6 nitrogen and oxygen atoms in total. The Labute approximate surface area is 106 Å². The Morgan fingerprint density at radius 1 is 1.39 bits per heavy atom. The molecule has 0 radical (unpaired) electrons. The van der Waals surface area contributed by atoms with E-state index in [1.54, 1.807) is 0 Å². The van der Waals surface area contributed by atoms with Crippen LogP contribution in [0.1, 0.15) is 32.1 Å². The van der Waals surface area contributed by atoms with Gasteiger partial charge in [-0.15, -0.1) is 0 Å². The largest absolute Gasteiger partial charge is 0.480 e. The maximum absolute atomic E-state index is 12.1. The number of aliphatic carboxylic acids is 1. The third kappa shape index (κ3) is 3.20. The van der Waals surface area contributed by atoms with Crippen molar-refractivity contribution in [1.29, 1.82) is 0 Å². The molecule has 1 saturated carbocycles. The number of rotatable bonds is 5. The molecule has 0 unspecified atom stereocenters. The molecule has 1 aliphatic carbocycles. The van der Waals surface area contributed by atoms with E-state index < -0.39 is 17.6 Å². The summed E-state index contributed by atoms with van der Waals surface area (Å²) < 4.78 is 5.17. The summed E-state index contributed by atoms with van der Waals surface area (Å²) in [5.41, 5.74) is 5.04. The highest BCUT2D eigenvalue weighted by molar-refractivity contribution is 5.90. The Hall–Kier alpha value is -1.14. The average Bonchev–Trinajstić information content (AvgIpc) is 3.12. The van der Waals surface area contributed by atoms with Gasteiger partial charge in [0.05, 0.1) is 5.54 Å². The lowest BCUT2D eigenvalue weighted by Gasteiger charge is -2.32. The standard InChI is InChI=1S/C12H20N2O4/c13-12(3-5-18-6-4-12)11(17)14-9(10(15)16)7-8-1-2-8/h8-9H,1-7,13H2,(H,14,17)(H,15,16)/t9-/m0/s1. The fourth-order valence-electron chi connectivity index (χ4n) is 2.17. The number of carbonyl (C=O) groups is 2. The maximum Gasteiger partial charge on any atom is 0.326 e. The van der Waals surface area contributed by atoms with E-state index in [2.05, 4.69) is 5.32 Å². The van der Waals surface area contributed by atoms with E-state index in [0.717, 1.165) is 12.8 Å². The third-order valence-corrected chi connectivity index (χ3v) is 3.71. The number of nitrogens with two attached hydrogens (primary N) is 1. The van der Waals surface area contributed by atoms with E-state index in [-0.39, 0.29) is 5.91 Å². The van der Waals surface area contributed by atoms with Crippen LogP contribution in [0, 0.1) is 5.92 Å². The highest BCUT2D eigenvalue weighted by Crippen LogP contribution is 2.33. The predicted molar refractivity (Wildman–Crippen MR) is 63.9 cm³/mol. The van der Waals surface area contributed by atoms with Gasteiger partial charge in [0.2, 0.25) is 5.91 Å². The molecule has 2 rings (SSSR count). The molecule has 4 N–H and O–H groups in total. The minimum absolute atomic E-state index is 0.362. The smallest absolute Gasteiger partial charge is 0.326 e. The number of carboxylic acids is 1. The summed E-state index contributed by atoms with van der Waals surface area (Å²) in [6.45, 7) is 0.897. The van der Waals surface area contributed by atoms with Crippen molar-refractivity contribution in [1.82, 2.24) is 5.32 Å². The Bertz CT molecular complexity index is 335. The number of carboxylic acid groups (broad SMARTS) is 1. The van der Waals surface area contributed by atoms with Crippen LogP contribution in [-0.2, 0) is 14.3 Å². The third-order valence-electron chi connectivity index (χ3n) is 3.71. The van der Waals surface area contributed by atoms with Gasteiger partial charge in [0.25, 0.3) is 0 Å². The van der Waals surface area contributed by atoms with Gasteiger partial charge < -0.3 is 20.9 Å². The Morgan fingerprint density at radius 2 is 2.00 bits per heavy atom. The molecule has 0 bridgehead atoms. The lowest BCUT2D eigenvalue weighted by Crippen LogP contribution is -2.59. The van der Waals surface area contributed by atoms with Gasteiger partial charge in [0, 0.05) is 13.2 Å². The molecule has 102 valence electrons. The Morgan fingerprint density at radius 3 is 2.50 bits per heavy atom. The first kappa shape index (κ1) is 13.3. The van der Waals surface area contributed by atoms with Crippen molar-refractivity contribution in [3.05, 3.63) is 0 Å². The zero-order chi connectivity index (χ0) is 13.2. The van der Waals surface area contributed by atoms with Gasteiger partial charge in [0.1, 0.15) is 6.04 Å². The van der Waals surface area contributed by atoms with E-state index in [4.69, 9.17) is 15.6 Å². The van der Waals surface area contributed by atoms with Gasteiger partial charge in [0.15, 0.2) is 0 Å². The molecule has 1 heterocycles. The monoisotopic (exact) mass is 256 g/mol. The topological polar surface area (TPSA) is 102 Å². The van der Waals surface area contributed by atoms with Gasteiger partial charge in [-0.05, 0) is 25.2 Å². The molecule has 0 aromatic rings. The van der Waals surface area contributed by atoms with Gasteiger partial charge in [-0.25, -0.2) is 4.79 Å². The van der Waals surface area contributed by atoms with Crippen molar-refractivity contribution < 1.29 is 19.4 Å². The summed E-state index contributed by atoms with van der Waals surface area (Å²) in [6, 6.07) is -0.812. The molecule has 2 fully saturated rings. The first-order valence-corrected chi connectivity index (χ1v) is 6.42. The zero-order valence-corrected chi connectivity index (χ0v) is 10.4. The van der Waals surface area contributed by atoms with Crippen molar-refractivity contribution in [3.63, 3.8) is 0 Å². The van der Waals surface area contributed by atoms with Crippen molar-refractivity contribution in [2.24, 2.45) is 11.7 Å². The maximum atomic E-state index is 12.1. The van der Waals surface area contributed by atoms with Crippen molar-refractivity contribution >= 4 is 11.9 Å². The quantitative estimate of drug-likeness (QED) is 0.635. The molecule has 0 spiro atoms. The summed E-state index contributed by atoms with van der Waals surface area (Å²) >= 11 is 0. The zero-order valence-electron chi connectivity index (χ0n) is 10.4. The second kappa shape index (κ2) is 5.24. The lowest BCUT2D eigenvalue weighted by molar-refractivity contribution is -0.143. The van der Waals surface area contributed by atoms with Crippen LogP contribution in [0.5, 0.6) is 0 Å². The van der Waals surface area contributed by atoms with Crippen LogP contribution in [0.2, 0.25) is 0 Å². The minimum atomic E-state index is -0.981. The number of hydrogen-bond donors (Lipinski definition) is 3. The van der Waals surface area contributed by atoms with Crippen LogP contribution in [0.25, 0.3) is 0 Å². The second-order valence-corrected chi connectivity index (χ2v) is 5.31. The molecular formula is C12H20N2O4. The summed E-state index contributed by atoms with van der Waals surface area (Å²) in [5, 5.41) is 11.7. The summed E-state index contributed by atoms with van der Waals surface area (Å²) in [4.78, 5) is 23.2. The summed E-state index contributed by atoms with van der Waals surface area (Å²) in [7, 11) is 0. The van der Waals surface area contributed by atoms with E-state index in [1.165, 1.54) is 0 Å². The Kier molecular flexibility index (Phi) is 3.87. The van der Waals surface area contributed by atoms with E-state index in [0.29, 0.717) is 38.4 Å². The molecule has 0 aromatic carbocycles. The molecule has 2 aliphatic rings. The number of nitrogens with one attached hydrogen (secondary N) is 1. The normalized spacial score (nSPS) is 24.3. The highest BCUT2D eigenvalue weighted by Gasteiger charge is 2.39. The van der Waals surface area contributed by atoms with Crippen LogP contribution in [0.3, 0.4) is 0 Å². The minimum Gasteiger partial charge on any atom is -0.480 e. The fourth-order valence-corrected chi connectivity index (χ4v) is 2.17. The summed E-state index contributed by atoms with van der Waals surface area (Å²) in [5.74, 6) is -0.903. The van der Waals surface area contributed by atoms with E-state index in [1.807, 2.05) is 0 Å². The van der Waals surface area contributed by atoms with Gasteiger partial charge in [-0.2, -0.15) is 0 Å². The van der Waals surface area contributed by atoms with Gasteiger partial charge >= 0.3 is 5.97 Å². The second-order valence-electron chi connectivity index (χ2n) is 5.31. The van der Waals surface area contributed by atoms with E-state index in [9.17, 15) is 9.59 Å². The molecule has 6 heteroatoms. The Balaban J connectivity index is 1.92. The number of hydrogen-bond acceptors (Lipinski definition) is 4. The van der Waals surface area contributed by atoms with E-state index >= 15 is 0 Å². The number of carbonyl (C=O) groups excluding carboxylic acids is 1. The predicted octanol–water partition coefficient (Wildman–Crippen LogP) is -0.136. The number of ether oxygens (including phenoxy) is 1. The van der Waals surface area contributed by atoms with Crippen molar-refractivity contribution in [2.45, 2.75) is 43.7 Å². The molecule has 1 amide bonds. The summed E-state index contributed by atoms with van der Waals surface area (Å²) in [6.07, 6.45) is 3.50.